The van der Waals surface area contributed by atoms with Crippen molar-refractivity contribution in [1.82, 2.24) is 4.90 Å². The van der Waals surface area contributed by atoms with Gasteiger partial charge in [-0.2, -0.15) is 0 Å². The molecule has 0 unspecified atom stereocenters. The highest BCUT2D eigenvalue weighted by atomic mass is 16.5. The molecule has 34 heavy (non-hydrogen) atoms. The summed E-state index contributed by atoms with van der Waals surface area (Å²) in [5.74, 6) is 2.28. The number of ketones is 1. The van der Waals surface area contributed by atoms with Crippen molar-refractivity contribution in [1.29, 1.82) is 0 Å². The van der Waals surface area contributed by atoms with Crippen molar-refractivity contribution >= 4 is 5.78 Å². The molecule has 1 N–H and O–H groups in total. The van der Waals surface area contributed by atoms with E-state index in [1.165, 1.54) is 0 Å². The van der Waals surface area contributed by atoms with Crippen LogP contribution in [0.3, 0.4) is 0 Å². The zero-order chi connectivity index (χ0) is 24.5. The third kappa shape index (κ3) is 6.27. The minimum atomic E-state index is -0.707. The van der Waals surface area contributed by atoms with Gasteiger partial charge in [-0.1, -0.05) is 36.4 Å². The number of aliphatic hydroxyl groups is 1. The van der Waals surface area contributed by atoms with E-state index in [9.17, 15) is 9.90 Å². The molecule has 3 aromatic rings. The second kappa shape index (κ2) is 12.1. The van der Waals surface area contributed by atoms with Crippen LogP contribution in [0.25, 0.3) is 0 Å². The Hall–Kier alpha value is -3.55. The Balaban J connectivity index is 1.53. The van der Waals surface area contributed by atoms with Gasteiger partial charge in [0, 0.05) is 29.8 Å². The van der Waals surface area contributed by atoms with Crippen molar-refractivity contribution in [2.75, 3.05) is 41.5 Å². The number of ether oxygens (including phenoxy) is 4. The lowest BCUT2D eigenvalue weighted by Crippen LogP contribution is -2.32. The van der Waals surface area contributed by atoms with Crippen LogP contribution in [0.1, 0.15) is 21.5 Å². The third-order valence-corrected chi connectivity index (χ3v) is 5.34. The molecular formula is C27H31NO6. The SMILES string of the molecule is COc1ccc(CN(C)C[C@H](O)COc2ccc(C(=O)c3ccccc3)cc2)c(OC)c1OC. The van der Waals surface area contributed by atoms with E-state index in [1.807, 2.05) is 42.3 Å². The number of benzene rings is 3. The molecule has 7 nitrogen and oxygen atoms in total. The smallest absolute Gasteiger partial charge is 0.203 e. The summed E-state index contributed by atoms with van der Waals surface area (Å²) in [6, 6.07) is 19.8. The van der Waals surface area contributed by atoms with Crippen molar-refractivity contribution in [2.24, 2.45) is 0 Å². The van der Waals surface area contributed by atoms with E-state index in [-0.39, 0.29) is 12.4 Å². The zero-order valence-corrected chi connectivity index (χ0v) is 20.0. The van der Waals surface area contributed by atoms with E-state index in [2.05, 4.69) is 0 Å². The van der Waals surface area contributed by atoms with E-state index in [0.29, 0.717) is 47.2 Å². The highest BCUT2D eigenvalue weighted by Gasteiger charge is 2.18. The zero-order valence-electron chi connectivity index (χ0n) is 20.0. The molecule has 0 saturated heterocycles. The lowest BCUT2D eigenvalue weighted by atomic mass is 10.0. The number of nitrogens with zero attached hydrogens (tertiary/aromatic N) is 1. The number of hydrogen-bond donors (Lipinski definition) is 1. The van der Waals surface area contributed by atoms with E-state index >= 15 is 0 Å². The second-order valence-electron chi connectivity index (χ2n) is 7.87. The van der Waals surface area contributed by atoms with Crippen molar-refractivity contribution in [3.63, 3.8) is 0 Å². The molecule has 3 aromatic carbocycles. The van der Waals surface area contributed by atoms with Crippen molar-refractivity contribution in [2.45, 2.75) is 12.6 Å². The lowest BCUT2D eigenvalue weighted by Gasteiger charge is -2.23. The highest BCUT2D eigenvalue weighted by molar-refractivity contribution is 6.08. The van der Waals surface area contributed by atoms with E-state index in [4.69, 9.17) is 18.9 Å². The standard InChI is InChI=1S/C27H31NO6/c1-28(16-21-12-15-24(31-2)27(33-4)26(21)32-3)17-22(29)18-34-23-13-10-20(11-14-23)25(30)19-8-6-5-7-9-19/h5-15,22,29H,16-18H2,1-4H3/t22-/m0/s1. The number of likely N-dealkylation sites (N-methyl/N-ethyl adjacent to an activating group) is 1. The Bertz CT molecular complexity index is 1070. The molecule has 180 valence electrons. The van der Waals surface area contributed by atoms with Crippen LogP contribution in [0.4, 0.5) is 0 Å². The van der Waals surface area contributed by atoms with E-state index < -0.39 is 6.10 Å². The molecule has 0 amide bonds. The normalized spacial score (nSPS) is 11.7. The van der Waals surface area contributed by atoms with Gasteiger partial charge < -0.3 is 24.1 Å². The van der Waals surface area contributed by atoms with Crippen LogP contribution in [0.2, 0.25) is 0 Å². The van der Waals surface area contributed by atoms with Gasteiger partial charge >= 0.3 is 0 Å². The fourth-order valence-electron chi connectivity index (χ4n) is 3.71. The average Bonchev–Trinajstić information content (AvgIpc) is 2.87. The monoisotopic (exact) mass is 465 g/mol. The van der Waals surface area contributed by atoms with E-state index in [0.717, 1.165) is 5.56 Å². The minimum absolute atomic E-state index is 0.0422. The molecule has 0 bridgehead atoms. The van der Waals surface area contributed by atoms with Crippen LogP contribution in [0.5, 0.6) is 23.0 Å². The number of hydrogen-bond acceptors (Lipinski definition) is 7. The molecular weight excluding hydrogens is 434 g/mol. The van der Waals surface area contributed by atoms with E-state index in [1.54, 1.807) is 57.7 Å². The first-order valence-corrected chi connectivity index (χ1v) is 10.9. The van der Waals surface area contributed by atoms with Gasteiger partial charge in [-0.25, -0.2) is 0 Å². The molecule has 0 fully saturated rings. The van der Waals surface area contributed by atoms with Crippen LogP contribution >= 0.6 is 0 Å². The van der Waals surface area contributed by atoms with Gasteiger partial charge in [-0.15, -0.1) is 0 Å². The van der Waals surface area contributed by atoms with Crippen molar-refractivity contribution < 1.29 is 28.8 Å². The molecule has 0 saturated carbocycles. The first-order valence-electron chi connectivity index (χ1n) is 10.9. The highest BCUT2D eigenvalue weighted by Crippen LogP contribution is 2.40. The summed E-state index contributed by atoms with van der Waals surface area (Å²) in [4.78, 5) is 14.5. The Kier molecular flexibility index (Phi) is 8.90. The first kappa shape index (κ1) is 25.1. The molecule has 0 aliphatic carbocycles. The fraction of sp³-hybridized carbons (Fsp3) is 0.296. The van der Waals surface area contributed by atoms with Gasteiger partial charge in [0.2, 0.25) is 5.75 Å². The maximum Gasteiger partial charge on any atom is 0.203 e. The summed E-state index contributed by atoms with van der Waals surface area (Å²) >= 11 is 0. The van der Waals surface area contributed by atoms with Crippen LogP contribution in [0.15, 0.2) is 66.7 Å². The van der Waals surface area contributed by atoms with Gasteiger partial charge in [-0.05, 0) is 37.4 Å². The number of carbonyl (C=O) groups is 1. The number of rotatable bonds is 12. The first-order chi connectivity index (χ1) is 16.5. The summed E-state index contributed by atoms with van der Waals surface area (Å²) in [6.07, 6.45) is -0.707. The summed E-state index contributed by atoms with van der Waals surface area (Å²) in [5, 5.41) is 10.5. The molecule has 0 aromatic heterocycles. The topological polar surface area (TPSA) is 77.5 Å². The van der Waals surface area contributed by atoms with Gasteiger partial charge in [0.1, 0.15) is 18.5 Å². The molecule has 0 radical (unpaired) electrons. The summed E-state index contributed by atoms with van der Waals surface area (Å²) in [5.41, 5.74) is 2.14. The maximum atomic E-state index is 12.5. The second-order valence-corrected chi connectivity index (χ2v) is 7.87. The van der Waals surface area contributed by atoms with Crippen LogP contribution in [0, 0.1) is 0 Å². The lowest BCUT2D eigenvalue weighted by molar-refractivity contribution is 0.0741. The van der Waals surface area contributed by atoms with Crippen molar-refractivity contribution in [3.05, 3.63) is 83.4 Å². The van der Waals surface area contributed by atoms with Gasteiger partial charge in [0.25, 0.3) is 0 Å². The van der Waals surface area contributed by atoms with Gasteiger partial charge in [0.05, 0.1) is 21.3 Å². The van der Waals surface area contributed by atoms with Gasteiger partial charge in [0.15, 0.2) is 17.3 Å². The third-order valence-electron chi connectivity index (χ3n) is 5.34. The predicted octanol–water partition coefficient (Wildman–Crippen LogP) is 3.82. The number of carbonyl (C=O) groups excluding carboxylic acids is 1. The predicted molar refractivity (Wildman–Crippen MR) is 130 cm³/mol. The largest absolute Gasteiger partial charge is 0.493 e. The summed E-state index contributed by atoms with van der Waals surface area (Å²) in [6.45, 7) is 1.05. The van der Waals surface area contributed by atoms with Gasteiger partial charge in [-0.3, -0.25) is 9.69 Å². The summed E-state index contributed by atoms with van der Waals surface area (Å²) in [7, 11) is 6.64. The van der Waals surface area contributed by atoms with Crippen molar-refractivity contribution in [3.8, 4) is 23.0 Å². The van der Waals surface area contributed by atoms with Crippen LogP contribution < -0.4 is 18.9 Å². The maximum absolute atomic E-state index is 12.5. The molecule has 0 spiro atoms. The minimum Gasteiger partial charge on any atom is -0.493 e. The Morgan fingerprint density at radius 3 is 2.12 bits per heavy atom. The summed E-state index contributed by atoms with van der Waals surface area (Å²) < 4.78 is 22.0. The molecule has 0 aliphatic rings. The Morgan fingerprint density at radius 2 is 1.50 bits per heavy atom. The Morgan fingerprint density at radius 1 is 0.853 bits per heavy atom. The van der Waals surface area contributed by atoms with Crippen LogP contribution in [-0.2, 0) is 6.54 Å². The molecule has 0 heterocycles. The molecule has 3 rings (SSSR count). The molecule has 7 heteroatoms. The molecule has 1 atom stereocenters. The molecule has 0 aliphatic heterocycles. The quantitative estimate of drug-likeness (QED) is 0.408. The van der Waals surface area contributed by atoms with Crippen LogP contribution in [-0.4, -0.2) is 63.4 Å². The fourth-order valence-corrected chi connectivity index (χ4v) is 3.71. The number of methoxy groups -OCH3 is 3. The average molecular weight is 466 g/mol. The number of aliphatic hydroxyl groups excluding tert-OH is 1. The Labute approximate surface area is 200 Å².